The van der Waals surface area contributed by atoms with Crippen molar-refractivity contribution in [3.63, 3.8) is 0 Å². The molecule has 28 heavy (non-hydrogen) atoms. The highest BCUT2D eigenvalue weighted by molar-refractivity contribution is 8.14. The topological polar surface area (TPSA) is 59.9 Å². The van der Waals surface area contributed by atoms with E-state index < -0.39 is 0 Å². The van der Waals surface area contributed by atoms with Gasteiger partial charge < -0.3 is 14.8 Å². The van der Waals surface area contributed by atoms with Gasteiger partial charge in [0.05, 0.1) is 20.3 Å². The fourth-order valence-corrected chi connectivity index (χ4v) is 3.83. The molecule has 1 aliphatic rings. The van der Waals surface area contributed by atoms with Crippen molar-refractivity contribution in [2.75, 3.05) is 25.3 Å². The summed E-state index contributed by atoms with van der Waals surface area (Å²) in [6.07, 6.45) is 4.38. The number of nitrogens with zero attached hydrogens (tertiary/aromatic N) is 1. The van der Waals surface area contributed by atoms with Gasteiger partial charge in [0.2, 0.25) is 0 Å². The standard InChI is InChI=1S/C22H24N2O3S/c1-4-17-14-28-22(23-17)24-18-9-7-16(8-10-18)19(25)11-5-15-6-12-20(26-2)21(13-15)27-3/h5-13,17H,4,14H2,1-3H3,(H,23,24)/b11-5+/t17-/m0/s1. The van der Waals surface area contributed by atoms with Gasteiger partial charge in [-0.3, -0.25) is 9.79 Å². The fraction of sp³-hybridized carbons (Fsp3) is 0.273. The highest BCUT2D eigenvalue weighted by Crippen LogP contribution is 2.28. The Bertz CT molecular complexity index is 891. The lowest BCUT2D eigenvalue weighted by Gasteiger charge is -2.07. The zero-order valence-electron chi connectivity index (χ0n) is 16.3. The number of allylic oxidation sites excluding steroid dienone is 1. The summed E-state index contributed by atoms with van der Waals surface area (Å²) < 4.78 is 10.5. The number of methoxy groups -OCH3 is 2. The number of amidine groups is 1. The molecule has 2 aromatic carbocycles. The largest absolute Gasteiger partial charge is 0.493 e. The molecule has 0 bridgehead atoms. The number of hydrogen-bond acceptors (Lipinski definition) is 6. The first-order valence-electron chi connectivity index (χ1n) is 9.15. The molecule has 146 valence electrons. The normalized spacial score (nSPS) is 16.1. The summed E-state index contributed by atoms with van der Waals surface area (Å²) in [6.45, 7) is 2.15. The average molecular weight is 397 g/mol. The zero-order chi connectivity index (χ0) is 19.9. The van der Waals surface area contributed by atoms with Gasteiger partial charge in [0, 0.05) is 17.0 Å². The molecule has 1 N–H and O–H groups in total. The van der Waals surface area contributed by atoms with Gasteiger partial charge in [-0.05, 0) is 54.5 Å². The molecule has 6 heteroatoms. The minimum absolute atomic E-state index is 0.0556. The van der Waals surface area contributed by atoms with Gasteiger partial charge in [0.25, 0.3) is 0 Å². The van der Waals surface area contributed by atoms with Crippen molar-refractivity contribution in [1.29, 1.82) is 0 Å². The van der Waals surface area contributed by atoms with Gasteiger partial charge >= 0.3 is 0 Å². The van der Waals surface area contributed by atoms with Gasteiger partial charge in [-0.25, -0.2) is 0 Å². The molecule has 5 nitrogen and oxygen atoms in total. The number of thioether (sulfide) groups is 1. The van der Waals surface area contributed by atoms with Crippen molar-refractivity contribution in [2.24, 2.45) is 4.99 Å². The maximum Gasteiger partial charge on any atom is 0.185 e. The van der Waals surface area contributed by atoms with Gasteiger partial charge in [-0.1, -0.05) is 30.8 Å². The van der Waals surface area contributed by atoms with E-state index in [1.807, 2.05) is 42.5 Å². The smallest absolute Gasteiger partial charge is 0.185 e. The molecular weight excluding hydrogens is 372 g/mol. The Kier molecular flexibility index (Phi) is 6.76. The first kappa shape index (κ1) is 20.0. The summed E-state index contributed by atoms with van der Waals surface area (Å²) in [5, 5.41) is 4.25. The van der Waals surface area contributed by atoms with Gasteiger partial charge in [0.1, 0.15) is 0 Å². The molecule has 0 unspecified atom stereocenters. The molecule has 1 heterocycles. The Balaban J connectivity index is 1.64. The summed E-state index contributed by atoms with van der Waals surface area (Å²) in [5.41, 5.74) is 2.43. The minimum atomic E-state index is -0.0556. The molecule has 1 aliphatic heterocycles. The summed E-state index contributed by atoms with van der Waals surface area (Å²) in [7, 11) is 3.18. The van der Waals surface area contributed by atoms with E-state index in [2.05, 4.69) is 17.2 Å². The van der Waals surface area contributed by atoms with Gasteiger partial charge in [-0.2, -0.15) is 0 Å². The summed E-state index contributed by atoms with van der Waals surface area (Å²) in [5.74, 6) is 2.26. The van der Waals surface area contributed by atoms with E-state index in [4.69, 9.17) is 9.47 Å². The molecule has 0 aromatic heterocycles. The number of carbonyl (C=O) groups is 1. The number of ketones is 1. The Hall–Kier alpha value is -2.73. The second-order valence-corrected chi connectivity index (χ2v) is 7.33. The van der Waals surface area contributed by atoms with E-state index in [1.54, 1.807) is 38.1 Å². The quantitative estimate of drug-likeness (QED) is 0.533. The van der Waals surface area contributed by atoms with Crippen LogP contribution < -0.4 is 14.8 Å². The van der Waals surface area contributed by atoms with E-state index in [1.165, 1.54) is 0 Å². The molecule has 0 radical (unpaired) electrons. The lowest BCUT2D eigenvalue weighted by atomic mass is 10.1. The number of anilines is 1. The third-order valence-corrected chi connectivity index (χ3v) is 5.47. The molecule has 0 aliphatic carbocycles. The summed E-state index contributed by atoms with van der Waals surface area (Å²) >= 11 is 1.73. The number of benzene rings is 2. The van der Waals surface area contributed by atoms with Crippen LogP contribution in [-0.4, -0.2) is 37.0 Å². The van der Waals surface area contributed by atoms with Crippen LogP contribution >= 0.6 is 11.8 Å². The van der Waals surface area contributed by atoms with E-state index in [-0.39, 0.29) is 5.78 Å². The third-order valence-electron chi connectivity index (χ3n) is 4.44. The highest BCUT2D eigenvalue weighted by atomic mass is 32.2. The molecule has 0 saturated heterocycles. The van der Waals surface area contributed by atoms with Crippen LogP contribution in [0.25, 0.3) is 6.08 Å². The molecular formula is C22H24N2O3S. The second-order valence-electron chi connectivity index (χ2n) is 6.32. The van der Waals surface area contributed by atoms with Crippen LogP contribution in [0.4, 0.5) is 5.69 Å². The van der Waals surface area contributed by atoms with E-state index in [0.717, 1.165) is 28.6 Å². The van der Waals surface area contributed by atoms with Crippen LogP contribution in [-0.2, 0) is 0 Å². The molecule has 0 fully saturated rings. The van der Waals surface area contributed by atoms with Crippen molar-refractivity contribution < 1.29 is 14.3 Å². The SMILES string of the molecule is CC[C@H]1CSC(Nc2ccc(C(=O)/C=C/c3ccc(OC)c(OC)c3)cc2)=N1. The molecule has 0 spiro atoms. The molecule has 0 saturated carbocycles. The fourth-order valence-electron chi connectivity index (χ4n) is 2.76. The third kappa shape index (κ3) is 4.95. The number of nitrogens with one attached hydrogen (secondary N) is 1. The lowest BCUT2D eigenvalue weighted by molar-refractivity contribution is 0.104. The number of ether oxygens (including phenoxy) is 2. The summed E-state index contributed by atoms with van der Waals surface area (Å²) in [4.78, 5) is 17.1. The molecule has 0 amide bonds. The Morgan fingerprint density at radius 1 is 1.18 bits per heavy atom. The van der Waals surface area contributed by atoms with Crippen LogP contribution in [0, 0.1) is 0 Å². The predicted octanol–water partition coefficient (Wildman–Crippen LogP) is 4.89. The first-order valence-corrected chi connectivity index (χ1v) is 10.1. The zero-order valence-corrected chi connectivity index (χ0v) is 17.1. The van der Waals surface area contributed by atoms with Crippen molar-refractivity contribution in [3.8, 4) is 11.5 Å². The molecule has 2 aromatic rings. The molecule has 3 rings (SSSR count). The number of aliphatic imine (C=N–C) groups is 1. The monoisotopic (exact) mass is 396 g/mol. The van der Waals surface area contributed by atoms with Crippen molar-refractivity contribution >= 4 is 34.5 Å². The van der Waals surface area contributed by atoms with Crippen molar-refractivity contribution in [3.05, 3.63) is 59.7 Å². The average Bonchev–Trinajstić information content (AvgIpc) is 3.19. The van der Waals surface area contributed by atoms with Crippen LogP contribution in [0.1, 0.15) is 29.3 Å². The van der Waals surface area contributed by atoms with Crippen LogP contribution in [0.3, 0.4) is 0 Å². The Morgan fingerprint density at radius 3 is 2.57 bits per heavy atom. The lowest BCUT2D eigenvalue weighted by Crippen LogP contribution is -2.05. The van der Waals surface area contributed by atoms with Crippen LogP contribution in [0.5, 0.6) is 11.5 Å². The summed E-state index contributed by atoms with van der Waals surface area (Å²) in [6, 6.07) is 13.4. The number of rotatable bonds is 7. The highest BCUT2D eigenvalue weighted by Gasteiger charge is 2.16. The predicted molar refractivity (Wildman–Crippen MR) is 117 cm³/mol. The number of hydrogen-bond donors (Lipinski definition) is 1. The van der Waals surface area contributed by atoms with E-state index in [9.17, 15) is 4.79 Å². The number of carbonyl (C=O) groups excluding carboxylic acids is 1. The van der Waals surface area contributed by atoms with E-state index in [0.29, 0.717) is 23.1 Å². The van der Waals surface area contributed by atoms with Crippen molar-refractivity contribution in [1.82, 2.24) is 0 Å². The maximum atomic E-state index is 12.4. The second kappa shape index (κ2) is 9.46. The minimum Gasteiger partial charge on any atom is -0.493 e. The Labute approximate surface area is 169 Å². The van der Waals surface area contributed by atoms with E-state index >= 15 is 0 Å². The van der Waals surface area contributed by atoms with Gasteiger partial charge in [-0.15, -0.1) is 0 Å². The van der Waals surface area contributed by atoms with Crippen molar-refractivity contribution in [2.45, 2.75) is 19.4 Å². The Morgan fingerprint density at radius 2 is 1.93 bits per heavy atom. The first-order chi connectivity index (χ1) is 13.6. The van der Waals surface area contributed by atoms with Crippen LogP contribution in [0.2, 0.25) is 0 Å². The maximum absolute atomic E-state index is 12.4. The van der Waals surface area contributed by atoms with Crippen LogP contribution in [0.15, 0.2) is 53.5 Å². The molecule has 1 atom stereocenters. The van der Waals surface area contributed by atoms with Gasteiger partial charge in [0.15, 0.2) is 22.4 Å².